The van der Waals surface area contributed by atoms with E-state index >= 15 is 0 Å². The van der Waals surface area contributed by atoms with Crippen molar-refractivity contribution in [3.05, 3.63) is 59.4 Å². The summed E-state index contributed by atoms with van der Waals surface area (Å²) in [5.41, 5.74) is -0.0645. The highest BCUT2D eigenvalue weighted by Gasteiger charge is 2.20. The molecule has 3 aromatic rings. The average molecular weight is 315 g/mol. The van der Waals surface area contributed by atoms with Gasteiger partial charge in [-0.05, 0) is 12.1 Å². The third-order valence-electron chi connectivity index (χ3n) is 3.01. The number of nitrogens with zero attached hydrogens (tertiary/aromatic N) is 2. The molecule has 0 atom stereocenters. The van der Waals surface area contributed by atoms with Gasteiger partial charge in [-0.2, -0.15) is 0 Å². The molecule has 0 fully saturated rings. The van der Waals surface area contributed by atoms with Crippen molar-refractivity contribution in [2.75, 3.05) is 0 Å². The first-order chi connectivity index (χ1) is 10.0. The molecular formula is C14H7ClF4N2. The molecule has 0 radical (unpaired) electrons. The molecule has 1 aromatic heterocycles. The Labute approximate surface area is 121 Å². The summed E-state index contributed by atoms with van der Waals surface area (Å²) in [5.74, 6) is -3.90. The van der Waals surface area contributed by atoms with Crippen molar-refractivity contribution in [1.82, 2.24) is 9.55 Å². The van der Waals surface area contributed by atoms with Gasteiger partial charge < -0.3 is 0 Å². The van der Waals surface area contributed by atoms with E-state index in [1.807, 2.05) is 0 Å². The van der Waals surface area contributed by atoms with Crippen LogP contribution >= 0.6 is 11.6 Å². The first kappa shape index (κ1) is 13.9. The average Bonchev–Trinajstić information content (AvgIpc) is 2.76. The lowest BCUT2D eigenvalue weighted by Gasteiger charge is -2.10. The lowest BCUT2D eigenvalue weighted by Crippen LogP contribution is -2.06. The SMILES string of the molecule is Fc1cc(F)c(-n2c(CCl)nc3ccc(F)cc32)c(F)c1. The fourth-order valence-corrected chi connectivity index (χ4v) is 2.36. The van der Waals surface area contributed by atoms with E-state index in [0.717, 1.165) is 10.6 Å². The van der Waals surface area contributed by atoms with Crippen LogP contribution in [0.2, 0.25) is 0 Å². The zero-order chi connectivity index (χ0) is 15.1. The second kappa shape index (κ2) is 5.04. The van der Waals surface area contributed by atoms with Crippen LogP contribution in [0.3, 0.4) is 0 Å². The lowest BCUT2D eigenvalue weighted by atomic mass is 10.2. The maximum atomic E-state index is 14.0. The van der Waals surface area contributed by atoms with E-state index in [0.29, 0.717) is 17.6 Å². The zero-order valence-electron chi connectivity index (χ0n) is 10.4. The molecule has 0 bridgehead atoms. The second-order valence-corrected chi connectivity index (χ2v) is 4.62. The minimum absolute atomic E-state index is 0.127. The van der Waals surface area contributed by atoms with Crippen molar-refractivity contribution in [2.45, 2.75) is 5.88 Å². The quantitative estimate of drug-likeness (QED) is 0.509. The van der Waals surface area contributed by atoms with Crippen molar-refractivity contribution >= 4 is 22.6 Å². The van der Waals surface area contributed by atoms with Crippen molar-refractivity contribution < 1.29 is 17.6 Å². The standard InChI is InChI=1S/C14H7ClF4N2/c15-6-13-20-11-2-1-7(16)5-12(11)21(13)14-9(18)3-8(17)4-10(14)19/h1-5H,6H2. The summed E-state index contributed by atoms with van der Waals surface area (Å²) in [6, 6.07) is 4.72. The molecule has 21 heavy (non-hydrogen) atoms. The smallest absolute Gasteiger partial charge is 0.153 e. The molecule has 3 rings (SSSR count). The van der Waals surface area contributed by atoms with Crippen molar-refractivity contribution in [3.63, 3.8) is 0 Å². The number of imidazole rings is 1. The third kappa shape index (κ3) is 2.25. The Balaban J connectivity index is 2.41. The van der Waals surface area contributed by atoms with Gasteiger partial charge in [0.2, 0.25) is 0 Å². The number of benzene rings is 2. The fraction of sp³-hybridized carbons (Fsp3) is 0.0714. The summed E-state index contributed by atoms with van der Waals surface area (Å²) in [5, 5.41) is 0. The largest absolute Gasteiger partial charge is 0.290 e. The van der Waals surface area contributed by atoms with E-state index in [-0.39, 0.29) is 17.2 Å². The van der Waals surface area contributed by atoms with Gasteiger partial charge in [-0.3, -0.25) is 4.57 Å². The number of rotatable bonds is 2. The number of hydrogen-bond donors (Lipinski definition) is 0. The van der Waals surface area contributed by atoms with Crippen LogP contribution in [-0.4, -0.2) is 9.55 Å². The second-order valence-electron chi connectivity index (χ2n) is 4.35. The van der Waals surface area contributed by atoms with Crippen LogP contribution in [0.4, 0.5) is 17.6 Å². The highest BCUT2D eigenvalue weighted by atomic mass is 35.5. The van der Waals surface area contributed by atoms with Gasteiger partial charge in [-0.25, -0.2) is 22.5 Å². The van der Waals surface area contributed by atoms with Gasteiger partial charge in [0.15, 0.2) is 11.6 Å². The Bertz CT molecular complexity index is 821. The molecule has 1 heterocycles. The third-order valence-corrected chi connectivity index (χ3v) is 3.25. The van der Waals surface area contributed by atoms with Gasteiger partial charge in [0.1, 0.15) is 23.1 Å². The Morgan fingerprint density at radius 2 is 1.62 bits per heavy atom. The normalized spacial score (nSPS) is 11.3. The fourth-order valence-electron chi connectivity index (χ4n) is 2.19. The van der Waals surface area contributed by atoms with Crippen LogP contribution in [0.1, 0.15) is 5.82 Å². The Morgan fingerprint density at radius 1 is 0.952 bits per heavy atom. The molecule has 0 spiro atoms. The van der Waals surface area contributed by atoms with Gasteiger partial charge in [-0.1, -0.05) is 0 Å². The zero-order valence-corrected chi connectivity index (χ0v) is 11.1. The van der Waals surface area contributed by atoms with Gasteiger partial charge >= 0.3 is 0 Å². The first-order valence-electron chi connectivity index (χ1n) is 5.89. The maximum Gasteiger partial charge on any atom is 0.153 e. The van der Waals surface area contributed by atoms with Crippen molar-refractivity contribution in [3.8, 4) is 5.69 Å². The number of hydrogen-bond acceptors (Lipinski definition) is 1. The van der Waals surface area contributed by atoms with Gasteiger partial charge in [0.25, 0.3) is 0 Å². The van der Waals surface area contributed by atoms with E-state index in [1.165, 1.54) is 12.1 Å². The summed E-state index contributed by atoms with van der Waals surface area (Å²) in [6.07, 6.45) is 0. The molecule has 0 aliphatic rings. The molecule has 0 amide bonds. The van der Waals surface area contributed by atoms with Crippen LogP contribution in [-0.2, 0) is 5.88 Å². The molecule has 0 aliphatic carbocycles. The molecule has 0 unspecified atom stereocenters. The van der Waals surface area contributed by atoms with E-state index in [4.69, 9.17) is 11.6 Å². The van der Waals surface area contributed by atoms with Crippen LogP contribution in [0.15, 0.2) is 30.3 Å². The first-order valence-corrected chi connectivity index (χ1v) is 6.42. The monoisotopic (exact) mass is 314 g/mol. The summed E-state index contributed by atoms with van der Waals surface area (Å²) < 4.78 is 55.4. The Kier molecular flexibility index (Phi) is 3.33. The minimum atomic E-state index is -1.12. The highest BCUT2D eigenvalue weighted by Crippen LogP contribution is 2.27. The summed E-state index contributed by atoms with van der Waals surface area (Å²) in [4.78, 5) is 4.09. The highest BCUT2D eigenvalue weighted by molar-refractivity contribution is 6.17. The number of halogens is 5. The van der Waals surface area contributed by atoms with Crippen LogP contribution in [0.5, 0.6) is 0 Å². The number of fused-ring (bicyclic) bond motifs is 1. The molecule has 108 valence electrons. The van der Waals surface area contributed by atoms with E-state index in [2.05, 4.69) is 4.98 Å². The Hall–Kier alpha value is -2.08. The van der Waals surface area contributed by atoms with Crippen molar-refractivity contribution in [1.29, 1.82) is 0 Å². The van der Waals surface area contributed by atoms with Gasteiger partial charge in [0.05, 0.1) is 16.9 Å². The Morgan fingerprint density at radius 3 is 2.24 bits per heavy atom. The van der Waals surface area contributed by atoms with Crippen LogP contribution in [0, 0.1) is 23.3 Å². The van der Waals surface area contributed by atoms with E-state index < -0.39 is 29.0 Å². The molecule has 0 saturated carbocycles. The molecule has 0 N–H and O–H groups in total. The van der Waals surface area contributed by atoms with Gasteiger partial charge in [0, 0.05) is 18.2 Å². The predicted molar refractivity (Wildman–Crippen MR) is 70.5 cm³/mol. The minimum Gasteiger partial charge on any atom is -0.290 e. The van der Waals surface area contributed by atoms with E-state index in [1.54, 1.807) is 0 Å². The predicted octanol–water partition coefficient (Wildman–Crippen LogP) is 4.32. The number of aromatic nitrogens is 2. The molecule has 7 heteroatoms. The molecule has 2 nitrogen and oxygen atoms in total. The van der Waals surface area contributed by atoms with Gasteiger partial charge in [-0.15, -0.1) is 11.6 Å². The van der Waals surface area contributed by atoms with E-state index in [9.17, 15) is 17.6 Å². The number of alkyl halides is 1. The molecule has 0 saturated heterocycles. The van der Waals surface area contributed by atoms with Crippen molar-refractivity contribution in [2.24, 2.45) is 0 Å². The molecule has 0 aliphatic heterocycles. The maximum absolute atomic E-state index is 14.0. The lowest BCUT2D eigenvalue weighted by molar-refractivity contribution is 0.534. The molecule has 2 aromatic carbocycles. The summed E-state index contributed by atoms with van der Waals surface area (Å²) >= 11 is 5.73. The summed E-state index contributed by atoms with van der Waals surface area (Å²) in [7, 11) is 0. The van der Waals surface area contributed by atoms with Crippen LogP contribution < -0.4 is 0 Å². The summed E-state index contributed by atoms with van der Waals surface area (Å²) in [6.45, 7) is 0. The topological polar surface area (TPSA) is 17.8 Å². The van der Waals surface area contributed by atoms with Crippen LogP contribution in [0.25, 0.3) is 16.7 Å². The molecular weight excluding hydrogens is 308 g/mol.